The number of ether oxygens (including phenoxy) is 1. The van der Waals surface area contributed by atoms with Crippen molar-refractivity contribution in [2.75, 3.05) is 19.7 Å². The molecule has 3 N–H and O–H groups in total. The molecule has 0 aromatic rings. The maximum atomic E-state index is 11.1. The van der Waals surface area contributed by atoms with Crippen molar-refractivity contribution in [1.29, 1.82) is 0 Å². The molecule has 1 saturated carbocycles. The summed E-state index contributed by atoms with van der Waals surface area (Å²) >= 11 is 0. The molecule has 1 amide bonds. The van der Waals surface area contributed by atoms with Gasteiger partial charge in [-0.1, -0.05) is 12.8 Å². The second kappa shape index (κ2) is 7.71. The van der Waals surface area contributed by atoms with Crippen molar-refractivity contribution in [2.24, 2.45) is 5.73 Å². The second-order valence-electron chi connectivity index (χ2n) is 5.37. The van der Waals surface area contributed by atoms with Gasteiger partial charge < -0.3 is 15.6 Å². The molecule has 1 aliphatic carbocycles. The van der Waals surface area contributed by atoms with E-state index in [2.05, 4.69) is 0 Å². The standard InChI is InChI=1S/C13H26N2O3/c1-10(2)18-9-12(16)7-15(8-13(14)17)11-5-3-4-6-11/h10-12,16H,3-9H2,1-2H3,(H2,14,17). The van der Waals surface area contributed by atoms with Gasteiger partial charge in [-0.2, -0.15) is 0 Å². The van der Waals surface area contributed by atoms with Crippen LogP contribution in [0.25, 0.3) is 0 Å². The van der Waals surface area contributed by atoms with E-state index in [-0.39, 0.29) is 18.6 Å². The fraction of sp³-hybridized carbons (Fsp3) is 0.923. The molecule has 0 aromatic carbocycles. The van der Waals surface area contributed by atoms with Crippen molar-refractivity contribution in [3.63, 3.8) is 0 Å². The van der Waals surface area contributed by atoms with Crippen LogP contribution in [0.2, 0.25) is 0 Å². The summed E-state index contributed by atoms with van der Waals surface area (Å²) in [5.74, 6) is -0.334. The molecular weight excluding hydrogens is 232 g/mol. The molecule has 5 nitrogen and oxygen atoms in total. The quantitative estimate of drug-likeness (QED) is 0.665. The lowest BCUT2D eigenvalue weighted by Crippen LogP contribution is -2.45. The van der Waals surface area contributed by atoms with E-state index in [1.54, 1.807) is 0 Å². The first-order chi connectivity index (χ1) is 8.49. The average molecular weight is 258 g/mol. The number of aliphatic hydroxyl groups excluding tert-OH is 1. The van der Waals surface area contributed by atoms with Gasteiger partial charge in [0, 0.05) is 12.6 Å². The minimum Gasteiger partial charge on any atom is -0.389 e. The molecule has 0 bridgehead atoms. The van der Waals surface area contributed by atoms with Crippen LogP contribution in [0.15, 0.2) is 0 Å². The van der Waals surface area contributed by atoms with E-state index in [4.69, 9.17) is 10.5 Å². The van der Waals surface area contributed by atoms with Crippen molar-refractivity contribution in [2.45, 2.75) is 57.8 Å². The van der Waals surface area contributed by atoms with E-state index in [9.17, 15) is 9.90 Å². The molecule has 1 aliphatic rings. The third-order valence-corrected chi connectivity index (χ3v) is 3.27. The van der Waals surface area contributed by atoms with Gasteiger partial charge in [0.25, 0.3) is 0 Å². The number of hydrogen-bond donors (Lipinski definition) is 2. The lowest BCUT2D eigenvalue weighted by molar-refractivity contribution is -0.120. The van der Waals surface area contributed by atoms with Crippen LogP contribution >= 0.6 is 0 Å². The number of amides is 1. The van der Waals surface area contributed by atoms with E-state index in [0.717, 1.165) is 12.8 Å². The molecule has 0 heterocycles. The summed E-state index contributed by atoms with van der Waals surface area (Å²) in [5, 5.41) is 9.92. The predicted molar refractivity (Wildman–Crippen MR) is 70.1 cm³/mol. The Morgan fingerprint density at radius 2 is 2.06 bits per heavy atom. The molecule has 18 heavy (non-hydrogen) atoms. The Labute approximate surface area is 109 Å². The summed E-state index contributed by atoms with van der Waals surface area (Å²) in [6, 6.07) is 0.381. The first kappa shape index (κ1) is 15.4. The van der Waals surface area contributed by atoms with Crippen LogP contribution in [-0.4, -0.2) is 53.9 Å². The average Bonchev–Trinajstić information content (AvgIpc) is 2.78. The molecule has 0 radical (unpaired) electrons. The number of hydrogen-bond acceptors (Lipinski definition) is 4. The Morgan fingerprint density at radius 3 is 2.56 bits per heavy atom. The van der Waals surface area contributed by atoms with Crippen LogP contribution in [-0.2, 0) is 9.53 Å². The maximum absolute atomic E-state index is 11.1. The number of aliphatic hydroxyl groups is 1. The Balaban J connectivity index is 2.41. The topological polar surface area (TPSA) is 75.8 Å². The van der Waals surface area contributed by atoms with Crippen LogP contribution in [0.3, 0.4) is 0 Å². The fourth-order valence-corrected chi connectivity index (χ4v) is 2.44. The Kier molecular flexibility index (Phi) is 6.60. The lowest BCUT2D eigenvalue weighted by atomic mass is 10.2. The van der Waals surface area contributed by atoms with E-state index < -0.39 is 6.10 Å². The van der Waals surface area contributed by atoms with Crippen LogP contribution < -0.4 is 5.73 Å². The van der Waals surface area contributed by atoms with Gasteiger partial charge >= 0.3 is 0 Å². The summed E-state index contributed by atoms with van der Waals surface area (Å²) in [6.45, 7) is 4.86. The normalized spacial score (nSPS) is 18.7. The zero-order valence-corrected chi connectivity index (χ0v) is 11.5. The smallest absolute Gasteiger partial charge is 0.231 e. The van der Waals surface area contributed by atoms with Crippen molar-refractivity contribution in [1.82, 2.24) is 4.90 Å². The SMILES string of the molecule is CC(C)OCC(O)CN(CC(N)=O)C1CCCC1. The van der Waals surface area contributed by atoms with Crippen LogP contribution in [0.4, 0.5) is 0 Å². The van der Waals surface area contributed by atoms with E-state index in [0.29, 0.717) is 19.2 Å². The van der Waals surface area contributed by atoms with Crippen molar-refractivity contribution in [3.05, 3.63) is 0 Å². The summed E-state index contributed by atoms with van der Waals surface area (Å²) in [6.07, 6.45) is 4.11. The summed E-state index contributed by atoms with van der Waals surface area (Å²) in [4.78, 5) is 13.1. The van der Waals surface area contributed by atoms with Crippen LogP contribution in [0.5, 0.6) is 0 Å². The number of nitrogens with two attached hydrogens (primary N) is 1. The largest absolute Gasteiger partial charge is 0.389 e. The molecule has 106 valence electrons. The number of carbonyl (C=O) groups excluding carboxylic acids is 1. The van der Waals surface area contributed by atoms with Gasteiger partial charge in [-0.15, -0.1) is 0 Å². The van der Waals surface area contributed by atoms with Crippen LogP contribution in [0, 0.1) is 0 Å². The molecule has 0 aliphatic heterocycles. The second-order valence-corrected chi connectivity index (χ2v) is 5.37. The van der Waals surface area contributed by atoms with Crippen molar-refractivity contribution in [3.8, 4) is 0 Å². The third kappa shape index (κ3) is 5.80. The number of nitrogens with zero attached hydrogens (tertiary/aromatic N) is 1. The van der Waals surface area contributed by atoms with Crippen LogP contribution in [0.1, 0.15) is 39.5 Å². The first-order valence-electron chi connectivity index (χ1n) is 6.81. The summed E-state index contributed by atoms with van der Waals surface area (Å²) in [7, 11) is 0. The van der Waals surface area contributed by atoms with Crippen molar-refractivity contribution < 1.29 is 14.6 Å². The molecule has 5 heteroatoms. The van der Waals surface area contributed by atoms with Gasteiger partial charge in [0.2, 0.25) is 5.91 Å². The number of carbonyl (C=O) groups is 1. The minimum atomic E-state index is -0.563. The summed E-state index contributed by atoms with van der Waals surface area (Å²) < 4.78 is 5.38. The zero-order valence-electron chi connectivity index (χ0n) is 11.5. The minimum absolute atomic E-state index is 0.107. The molecule has 1 atom stereocenters. The van der Waals surface area contributed by atoms with Gasteiger partial charge in [0.15, 0.2) is 0 Å². The Bertz CT molecular complexity index is 253. The monoisotopic (exact) mass is 258 g/mol. The molecular formula is C13H26N2O3. The highest BCUT2D eigenvalue weighted by atomic mass is 16.5. The third-order valence-electron chi connectivity index (χ3n) is 3.27. The molecule has 0 spiro atoms. The number of primary amides is 1. The molecule has 0 aromatic heterocycles. The van der Waals surface area contributed by atoms with Gasteiger partial charge in [-0.25, -0.2) is 0 Å². The van der Waals surface area contributed by atoms with E-state index in [1.165, 1.54) is 12.8 Å². The lowest BCUT2D eigenvalue weighted by Gasteiger charge is -2.29. The highest BCUT2D eigenvalue weighted by Crippen LogP contribution is 2.23. The summed E-state index contributed by atoms with van der Waals surface area (Å²) in [5.41, 5.74) is 5.27. The highest BCUT2D eigenvalue weighted by Gasteiger charge is 2.25. The van der Waals surface area contributed by atoms with Gasteiger partial charge in [-0.05, 0) is 26.7 Å². The highest BCUT2D eigenvalue weighted by molar-refractivity contribution is 5.75. The van der Waals surface area contributed by atoms with E-state index in [1.807, 2.05) is 18.7 Å². The predicted octanol–water partition coefficient (Wildman–Crippen LogP) is 0.502. The number of rotatable bonds is 8. The Morgan fingerprint density at radius 1 is 1.44 bits per heavy atom. The molecule has 1 fully saturated rings. The molecule has 1 unspecified atom stereocenters. The van der Waals surface area contributed by atoms with E-state index >= 15 is 0 Å². The first-order valence-corrected chi connectivity index (χ1v) is 6.81. The van der Waals surface area contributed by atoms with Gasteiger partial charge in [0.1, 0.15) is 0 Å². The van der Waals surface area contributed by atoms with Gasteiger partial charge in [0.05, 0.1) is 25.4 Å². The maximum Gasteiger partial charge on any atom is 0.231 e. The zero-order chi connectivity index (χ0) is 13.5. The van der Waals surface area contributed by atoms with Gasteiger partial charge in [-0.3, -0.25) is 9.69 Å². The molecule has 1 rings (SSSR count). The molecule has 0 saturated heterocycles. The fourth-order valence-electron chi connectivity index (χ4n) is 2.44. The van der Waals surface area contributed by atoms with Crippen molar-refractivity contribution >= 4 is 5.91 Å². The Hall–Kier alpha value is -0.650.